The van der Waals surface area contributed by atoms with Crippen LogP contribution in [-0.4, -0.2) is 17.9 Å². The van der Waals surface area contributed by atoms with Gasteiger partial charge in [-0.3, -0.25) is 15.5 Å². The molecular formula is C15H10F3N3O4. The first-order valence-electron chi connectivity index (χ1n) is 6.89. The highest BCUT2D eigenvalue weighted by molar-refractivity contribution is 5.87. The summed E-state index contributed by atoms with van der Waals surface area (Å²) in [7, 11) is 0. The molecule has 1 aliphatic rings. The zero-order valence-corrected chi connectivity index (χ0v) is 12.4. The fourth-order valence-electron chi connectivity index (χ4n) is 2.21. The second-order valence-electron chi connectivity index (χ2n) is 4.93. The lowest BCUT2D eigenvalue weighted by Gasteiger charge is -2.11. The Labute approximate surface area is 138 Å². The topological polar surface area (TPSA) is 86.0 Å². The van der Waals surface area contributed by atoms with Gasteiger partial charge in [-0.2, -0.15) is 18.3 Å². The van der Waals surface area contributed by atoms with Crippen LogP contribution in [0, 0.1) is 10.1 Å². The van der Waals surface area contributed by atoms with Crippen LogP contribution in [0.1, 0.15) is 11.1 Å². The zero-order chi connectivity index (χ0) is 18.0. The van der Waals surface area contributed by atoms with Crippen molar-refractivity contribution < 1.29 is 27.6 Å². The van der Waals surface area contributed by atoms with Gasteiger partial charge in [-0.1, -0.05) is 12.1 Å². The van der Waals surface area contributed by atoms with Crippen molar-refractivity contribution in [2.24, 2.45) is 5.10 Å². The van der Waals surface area contributed by atoms with Crippen molar-refractivity contribution in [3.63, 3.8) is 0 Å². The molecule has 1 heterocycles. The molecule has 25 heavy (non-hydrogen) atoms. The van der Waals surface area contributed by atoms with Gasteiger partial charge in [-0.05, 0) is 18.2 Å². The molecule has 0 atom stereocenters. The highest BCUT2D eigenvalue weighted by Gasteiger charge is 2.33. The fraction of sp³-hybridized carbons (Fsp3) is 0.133. The standard InChI is InChI=1S/C15H10F3N3O4/c16-15(17,18)10-3-1-2-4-11(10)20-19-7-9-5-13-14(25-8-24-13)6-12(9)21(22)23/h1-7,20H,8H2/b19-7+. The predicted molar refractivity (Wildman–Crippen MR) is 81.9 cm³/mol. The average molecular weight is 353 g/mol. The average Bonchev–Trinajstić information content (AvgIpc) is 3.01. The Bertz CT molecular complexity index is 852. The molecule has 0 bridgehead atoms. The molecule has 1 N–H and O–H groups in total. The highest BCUT2D eigenvalue weighted by atomic mass is 19.4. The second-order valence-corrected chi connectivity index (χ2v) is 4.93. The summed E-state index contributed by atoms with van der Waals surface area (Å²) in [5.74, 6) is 0.516. The van der Waals surface area contributed by atoms with Gasteiger partial charge in [0.2, 0.25) is 6.79 Å². The smallest absolute Gasteiger partial charge is 0.418 e. The van der Waals surface area contributed by atoms with E-state index < -0.39 is 16.7 Å². The first-order valence-corrected chi connectivity index (χ1v) is 6.89. The van der Waals surface area contributed by atoms with Crippen molar-refractivity contribution in [1.82, 2.24) is 0 Å². The molecule has 2 aromatic rings. The number of anilines is 1. The van der Waals surface area contributed by atoms with Crippen LogP contribution in [0.3, 0.4) is 0 Å². The van der Waals surface area contributed by atoms with Crippen LogP contribution < -0.4 is 14.9 Å². The maximum absolute atomic E-state index is 12.9. The van der Waals surface area contributed by atoms with E-state index in [1.165, 1.54) is 30.3 Å². The van der Waals surface area contributed by atoms with E-state index in [0.717, 1.165) is 12.3 Å². The normalized spacial score (nSPS) is 13.2. The van der Waals surface area contributed by atoms with Crippen molar-refractivity contribution in [3.05, 3.63) is 57.6 Å². The van der Waals surface area contributed by atoms with Gasteiger partial charge in [0.05, 0.1) is 34.0 Å². The van der Waals surface area contributed by atoms with Crippen LogP contribution in [0.5, 0.6) is 11.5 Å². The van der Waals surface area contributed by atoms with Gasteiger partial charge in [0, 0.05) is 0 Å². The number of nitrogens with zero attached hydrogens (tertiary/aromatic N) is 2. The van der Waals surface area contributed by atoms with E-state index in [0.29, 0.717) is 5.75 Å². The van der Waals surface area contributed by atoms with Crippen molar-refractivity contribution in [2.75, 3.05) is 12.2 Å². The van der Waals surface area contributed by atoms with Gasteiger partial charge in [-0.25, -0.2) is 0 Å². The summed E-state index contributed by atoms with van der Waals surface area (Å²) < 4.78 is 48.9. The molecule has 0 saturated heterocycles. The third-order valence-corrected chi connectivity index (χ3v) is 3.34. The number of ether oxygens (including phenoxy) is 2. The number of nitro benzene ring substituents is 1. The van der Waals surface area contributed by atoms with E-state index in [1.807, 2.05) is 0 Å². The maximum atomic E-state index is 12.9. The van der Waals surface area contributed by atoms with Gasteiger partial charge < -0.3 is 9.47 Å². The third kappa shape index (κ3) is 3.47. The molecule has 0 saturated carbocycles. The van der Waals surface area contributed by atoms with Crippen molar-refractivity contribution in [3.8, 4) is 11.5 Å². The second kappa shape index (κ2) is 6.30. The van der Waals surface area contributed by atoms with E-state index in [9.17, 15) is 23.3 Å². The maximum Gasteiger partial charge on any atom is 0.418 e. The molecule has 7 nitrogen and oxygen atoms in total. The summed E-state index contributed by atoms with van der Waals surface area (Å²) in [5, 5.41) is 14.8. The number of halogens is 3. The minimum absolute atomic E-state index is 0.0613. The number of nitrogens with one attached hydrogen (secondary N) is 1. The van der Waals surface area contributed by atoms with E-state index in [1.54, 1.807) is 0 Å². The van der Waals surface area contributed by atoms with Crippen LogP contribution in [0.15, 0.2) is 41.5 Å². The monoisotopic (exact) mass is 353 g/mol. The molecule has 0 amide bonds. The van der Waals surface area contributed by atoms with Crippen LogP contribution in [0.25, 0.3) is 0 Å². The molecule has 130 valence electrons. The molecule has 0 aliphatic carbocycles. The lowest BCUT2D eigenvalue weighted by Crippen LogP contribution is -2.08. The van der Waals surface area contributed by atoms with Crippen LogP contribution in [-0.2, 0) is 6.18 Å². The molecule has 0 aromatic heterocycles. The number of benzene rings is 2. The summed E-state index contributed by atoms with van der Waals surface area (Å²) in [4.78, 5) is 10.5. The Kier molecular flexibility index (Phi) is 4.17. The number of rotatable bonds is 4. The first-order chi connectivity index (χ1) is 11.9. The van der Waals surface area contributed by atoms with Gasteiger partial charge in [0.1, 0.15) is 0 Å². The molecule has 0 fully saturated rings. The Morgan fingerprint density at radius 3 is 2.56 bits per heavy atom. The number of fused-ring (bicyclic) bond motifs is 1. The summed E-state index contributed by atoms with van der Waals surface area (Å²) in [5.41, 5.74) is 0.847. The van der Waals surface area contributed by atoms with Gasteiger partial charge in [0.15, 0.2) is 11.5 Å². The molecule has 0 unspecified atom stereocenters. The van der Waals surface area contributed by atoms with Crippen molar-refractivity contribution in [1.29, 1.82) is 0 Å². The van der Waals surface area contributed by atoms with E-state index in [4.69, 9.17) is 9.47 Å². The van der Waals surface area contributed by atoms with Crippen LogP contribution >= 0.6 is 0 Å². The lowest BCUT2D eigenvalue weighted by molar-refractivity contribution is -0.385. The Balaban J connectivity index is 1.88. The van der Waals surface area contributed by atoms with E-state index in [2.05, 4.69) is 10.5 Å². The number of nitro groups is 1. The third-order valence-electron chi connectivity index (χ3n) is 3.34. The van der Waals surface area contributed by atoms with Crippen LogP contribution in [0.4, 0.5) is 24.5 Å². The van der Waals surface area contributed by atoms with Gasteiger partial charge in [-0.15, -0.1) is 0 Å². The predicted octanol–water partition coefficient (Wildman–Crippen LogP) is 3.79. The van der Waals surface area contributed by atoms with Gasteiger partial charge in [0.25, 0.3) is 5.69 Å². The minimum atomic E-state index is -4.55. The quantitative estimate of drug-likeness (QED) is 0.513. The first kappa shape index (κ1) is 16.6. The zero-order valence-electron chi connectivity index (χ0n) is 12.4. The largest absolute Gasteiger partial charge is 0.454 e. The lowest BCUT2D eigenvalue weighted by atomic mass is 10.1. The highest BCUT2D eigenvalue weighted by Crippen LogP contribution is 2.37. The summed E-state index contributed by atoms with van der Waals surface area (Å²) in [6.07, 6.45) is -3.50. The van der Waals surface area contributed by atoms with Crippen molar-refractivity contribution >= 4 is 17.6 Å². The molecule has 0 spiro atoms. The number of hydrazone groups is 1. The van der Waals surface area contributed by atoms with Crippen LogP contribution in [0.2, 0.25) is 0 Å². The van der Waals surface area contributed by atoms with Crippen molar-refractivity contribution in [2.45, 2.75) is 6.18 Å². The number of hydrogen-bond acceptors (Lipinski definition) is 6. The molecule has 1 aliphatic heterocycles. The Morgan fingerprint density at radius 1 is 1.20 bits per heavy atom. The molecule has 3 rings (SSSR count). The number of alkyl halides is 3. The SMILES string of the molecule is O=[N+]([O-])c1cc2c(cc1/C=N/Nc1ccccc1C(F)(F)F)OCO2. The number of para-hydroxylation sites is 1. The Morgan fingerprint density at radius 2 is 1.88 bits per heavy atom. The van der Waals surface area contributed by atoms with E-state index in [-0.39, 0.29) is 29.5 Å². The fourth-order valence-corrected chi connectivity index (χ4v) is 2.21. The molecule has 2 aromatic carbocycles. The molecule has 10 heteroatoms. The Hall–Kier alpha value is -3.30. The summed E-state index contributed by atoms with van der Waals surface area (Å²) >= 11 is 0. The molecular weight excluding hydrogens is 343 g/mol. The summed E-state index contributed by atoms with van der Waals surface area (Å²) in [6, 6.07) is 7.28. The number of hydrogen-bond donors (Lipinski definition) is 1. The summed E-state index contributed by atoms with van der Waals surface area (Å²) in [6.45, 7) is -0.0652. The molecule has 0 radical (unpaired) electrons. The minimum Gasteiger partial charge on any atom is -0.454 e. The van der Waals surface area contributed by atoms with Gasteiger partial charge >= 0.3 is 6.18 Å². The van der Waals surface area contributed by atoms with E-state index >= 15 is 0 Å².